The minimum absolute atomic E-state index is 0.0123. The molecule has 1 heterocycles. The molecule has 0 bridgehead atoms. The number of likely N-dealkylation sites (N-methyl/N-ethyl adjacent to an activating group) is 1. The molecule has 9 heteroatoms. The van der Waals surface area contributed by atoms with Crippen molar-refractivity contribution >= 4 is 23.6 Å². The van der Waals surface area contributed by atoms with Gasteiger partial charge in [0, 0.05) is 19.9 Å². The fourth-order valence-electron chi connectivity index (χ4n) is 4.37. The van der Waals surface area contributed by atoms with E-state index in [1.54, 1.807) is 20.8 Å². The van der Waals surface area contributed by atoms with E-state index >= 15 is 0 Å². The van der Waals surface area contributed by atoms with Crippen LogP contribution in [-0.2, 0) is 41.6 Å². The van der Waals surface area contributed by atoms with E-state index in [2.05, 4.69) is 0 Å². The van der Waals surface area contributed by atoms with Gasteiger partial charge in [0.25, 0.3) is 0 Å². The molecule has 0 radical (unpaired) electrons. The zero-order valence-corrected chi connectivity index (χ0v) is 25.4. The van der Waals surface area contributed by atoms with Crippen molar-refractivity contribution in [2.24, 2.45) is 0 Å². The third-order valence-electron chi connectivity index (χ3n) is 6.55. The van der Waals surface area contributed by atoms with Gasteiger partial charge in [0.1, 0.15) is 23.9 Å². The van der Waals surface area contributed by atoms with Gasteiger partial charge in [-0.25, -0.2) is 18.8 Å². The van der Waals surface area contributed by atoms with Crippen LogP contribution in [0.2, 0.25) is 0 Å². The van der Waals surface area contributed by atoms with E-state index in [1.165, 1.54) is 26.5 Å². The van der Waals surface area contributed by atoms with Crippen LogP contribution in [0.25, 0.3) is 5.57 Å². The Labute approximate surface area is 247 Å². The van der Waals surface area contributed by atoms with Gasteiger partial charge in [0.05, 0.1) is 13.2 Å². The molecule has 0 saturated heterocycles. The molecule has 8 nitrogen and oxygen atoms in total. The number of rotatable bonds is 11. The van der Waals surface area contributed by atoms with Crippen molar-refractivity contribution in [2.45, 2.75) is 83.9 Å². The van der Waals surface area contributed by atoms with Crippen LogP contribution in [0.3, 0.4) is 0 Å². The molecule has 0 fully saturated rings. The number of ether oxygens (including phenoxy) is 4. The first-order valence-corrected chi connectivity index (χ1v) is 14.1. The molecule has 2 aromatic carbocycles. The van der Waals surface area contributed by atoms with Gasteiger partial charge in [-0.05, 0) is 63.3 Å². The summed E-state index contributed by atoms with van der Waals surface area (Å²) in [6.45, 7) is 8.88. The number of halogens is 1. The second-order valence-corrected chi connectivity index (χ2v) is 12.0. The number of amides is 1. The summed E-state index contributed by atoms with van der Waals surface area (Å²) in [6, 6.07) is 15.4. The Morgan fingerprint density at radius 2 is 1.62 bits per heavy atom. The molecule has 0 spiro atoms. The molecule has 3 rings (SSSR count). The minimum atomic E-state index is -1.82. The summed E-state index contributed by atoms with van der Waals surface area (Å²) in [5.74, 6) is -1.68. The lowest BCUT2D eigenvalue weighted by molar-refractivity contribution is -0.172. The average molecular weight is 584 g/mol. The molecule has 1 aliphatic heterocycles. The monoisotopic (exact) mass is 583 g/mol. The maximum absolute atomic E-state index is 14.8. The molecule has 1 amide bonds. The van der Waals surface area contributed by atoms with Gasteiger partial charge in [-0.15, -0.1) is 0 Å². The Morgan fingerprint density at radius 1 is 0.952 bits per heavy atom. The van der Waals surface area contributed by atoms with Crippen molar-refractivity contribution in [3.63, 3.8) is 0 Å². The zero-order chi connectivity index (χ0) is 30.9. The molecule has 1 aliphatic rings. The van der Waals surface area contributed by atoms with Crippen LogP contribution < -0.4 is 0 Å². The third kappa shape index (κ3) is 10.6. The van der Waals surface area contributed by atoms with Crippen molar-refractivity contribution in [3.05, 3.63) is 77.4 Å². The van der Waals surface area contributed by atoms with Gasteiger partial charge in [0.15, 0.2) is 0 Å². The summed E-state index contributed by atoms with van der Waals surface area (Å²) in [4.78, 5) is 40.6. The first-order valence-electron chi connectivity index (χ1n) is 14.1. The lowest BCUT2D eigenvalue weighted by Crippen LogP contribution is -2.49. The number of alkyl halides is 1. The molecule has 0 aliphatic carbocycles. The van der Waals surface area contributed by atoms with Crippen molar-refractivity contribution in [2.75, 3.05) is 20.3 Å². The van der Waals surface area contributed by atoms with Gasteiger partial charge in [-0.2, -0.15) is 0 Å². The van der Waals surface area contributed by atoms with Crippen LogP contribution in [0.15, 0.2) is 60.7 Å². The van der Waals surface area contributed by atoms with E-state index in [0.29, 0.717) is 13.2 Å². The molecular weight excluding hydrogens is 541 g/mol. The molecule has 0 saturated carbocycles. The number of nitrogens with zero attached hydrogens (tertiary/aromatic N) is 1. The number of benzene rings is 2. The number of carbonyl (C=O) groups is 3. The highest BCUT2D eigenvalue weighted by Gasteiger charge is 2.38. The summed E-state index contributed by atoms with van der Waals surface area (Å²) in [5.41, 5.74) is 1.08. The number of hydrogen-bond acceptors (Lipinski definition) is 7. The third-order valence-corrected chi connectivity index (χ3v) is 6.55. The molecular formula is C33H42FNO7. The van der Waals surface area contributed by atoms with E-state index in [9.17, 15) is 18.8 Å². The van der Waals surface area contributed by atoms with Crippen LogP contribution in [0.5, 0.6) is 0 Å². The molecule has 2 aromatic rings. The molecule has 0 N–H and O–H groups in total. The Bertz CT molecular complexity index is 1230. The molecule has 228 valence electrons. The molecule has 42 heavy (non-hydrogen) atoms. The van der Waals surface area contributed by atoms with Crippen molar-refractivity contribution in [1.29, 1.82) is 0 Å². The quantitative estimate of drug-likeness (QED) is 0.235. The first kappa shape index (κ1) is 32.8. The molecule has 0 aromatic heterocycles. The van der Waals surface area contributed by atoms with Gasteiger partial charge in [0.2, 0.25) is 6.10 Å². The van der Waals surface area contributed by atoms with Crippen molar-refractivity contribution < 1.29 is 37.7 Å². The van der Waals surface area contributed by atoms with E-state index in [1.807, 2.05) is 60.7 Å². The number of carbonyl (C=O) groups excluding carboxylic acids is 3. The Morgan fingerprint density at radius 3 is 2.19 bits per heavy atom. The van der Waals surface area contributed by atoms with Crippen LogP contribution in [-0.4, -0.2) is 66.6 Å². The summed E-state index contributed by atoms with van der Waals surface area (Å²) >= 11 is 0. The minimum Gasteiger partial charge on any atom is -0.458 e. The highest BCUT2D eigenvalue weighted by molar-refractivity contribution is 5.85. The van der Waals surface area contributed by atoms with Crippen LogP contribution in [0.1, 0.15) is 64.2 Å². The predicted molar refractivity (Wildman–Crippen MR) is 157 cm³/mol. The van der Waals surface area contributed by atoms with E-state index in [-0.39, 0.29) is 19.4 Å². The SMILES string of the molecule is CN(C(=O)OC(C)(C)C)[C@@H](CC(C)(C)F)C(=O)O[C@H](Cc1ccc(C2=CCOCC2)cc1)C(=O)OCc1ccccc1. The summed E-state index contributed by atoms with van der Waals surface area (Å²) in [6.07, 6.45) is 0.382. The van der Waals surface area contributed by atoms with Gasteiger partial charge in [-0.1, -0.05) is 60.7 Å². The lowest BCUT2D eigenvalue weighted by atomic mass is 9.98. The van der Waals surface area contributed by atoms with Crippen LogP contribution >= 0.6 is 0 Å². The summed E-state index contributed by atoms with van der Waals surface area (Å²) < 4.78 is 36.8. The topological polar surface area (TPSA) is 91.4 Å². The van der Waals surface area contributed by atoms with Gasteiger partial charge in [-0.3, -0.25) is 4.90 Å². The van der Waals surface area contributed by atoms with Gasteiger partial charge >= 0.3 is 18.0 Å². The zero-order valence-electron chi connectivity index (χ0n) is 25.4. The Hall–Kier alpha value is -3.72. The van der Waals surface area contributed by atoms with Gasteiger partial charge < -0.3 is 18.9 Å². The maximum Gasteiger partial charge on any atom is 0.410 e. The largest absolute Gasteiger partial charge is 0.458 e. The number of hydrogen-bond donors (Lipinski definition) is 0. The van der Waals surface area contributed by atoms with E-state index in [4.69, 9.17) is 18.9 Å². The van der Waals surface area contributed by atoms with Crippen molar-refractivity contribution in [1.82, 2.24) is 4.90 Å². The summed E-state index contributed by atoms with van der Waals surface area (Å²) in [7, 11) is 1.35. The standard InChI is InChI=1S/C33H42FNO7/c1-32(2,3)42-31(38)35(6)27(21-33(4,5)34)29(36)41-28(30(37)40-22-24-10-8-7-9-11-24)20-23-12-14-25(15-13-23)26-16-18-39-19-17-26/h7-16,27-28H,17-22H2,1-6H3/t27-,28+/m0/s1. The highest BCUT2D eigenvalue weighted by Crippen LogP contribution is 2.25. The highest BCUT2D eigenvalue weighted by atomic mass is 19.1. The second kappa shape index (κ2) is 14.4. The second-order valence-electron chi connectivity index (χ2n) is 12.0. The van der Waals surface area contributed by atoms with Crippen molar-refractivity contribution in [3.8, 4) is 0 Å². The maximum atomic E-state index is 14.8. The summed E-state index contributed by atoms with van der Waals surface area (Å²) in [5, 5.41) is 0. The van der Waals surface area contributed by atoms with E-state index in [0.717, 1.165) is 28.0 Å². The average Bonchev–Trinajstić information content (AvgIpc) is 2.94. The normalized spacial score (nSPS) is 15.2. The molecule has 2 atom stereocenters. The Balaban J connectivity index is 1.82. The smallest absolute Gasteiger partial charge is 0.410 e. The fourth-order valence-corrected chi connectivity index (χ4v) is 4.37. The Kier molecular flexibility index (Phi) is 11.3. The first-order chi connectivity index (χ1) is 19.7. The predicted octanol–water partition coefficient (Wildman–Crippen LogP) is 6.06. The number of esters is 2. The van der Waals surface area contributed by atoms with Crippen LogP contribution in [0, 0.1) is 0 Å². The fraction of sp³-hybridized carbons (Fsp3) is 0.485. The van der Waals surface area contributed by atoms with Crippen LogP contribution in [0.4, 0.5) is 9.18 Å². The molecule has 0 unspecified atom stereocenters. The lowest BCUT2D eigenvalue weighted by Gasteiger charge is -2.32. The van der Waals surface area contributed by atoms with E-state index < -0.39 is 41.4 Å².